The second-order valence-corrected chi connectivity index (χ2v) is 7.71. The third-order valence-corrected chi connectivity index (χ3v) is 5.81. The van der Waals surface area contributed by atoms with E-state index < -0.39 is 5.82 Å². The molecule has 0 unspecified atom stereocenters. The van der Waals surface area contributed by atoms with Crippen molar-refractivity contribution in [3.05, 3.63) is 45.8 Å². The number of carbonyl (C=O) groups excluding carboxylic acids is 1. The molecule has 0 bridgehead atoms. The van der Waals surface area contributed by atoms with Gasteiger partial charge in [-0.05, 0) is 37.6 Å². The number of nitrogens with zero attached hydrogens (tertiary/aromatic N) is 2. The molecule has 1 amide bonds. The van der Waals surface area contributed by atoms with Crippen LogP contribution in [0.1, 0.15) is 10.4 Å². The van der Waals surface area contributed by atoms with E-state index in [-0.39, 0.29) is 17.3 Å². The number of aryl methyl sites for hydroxylation is 2. The predicted octanol–water partition coefficient (Wildman–Crippen LogP) is 4.83. The number of hydrogen-bond donors (Lipinski definition) is 1. The number of nitrogens with one attached hydrogen (secondary N) is 1. The Hall–Kier alpha value is -1.70. The molecule has 0 spiro atoms. The largest absolute Gasteiger partial charge is 0.323 e. The summed E-state index contributed by atoms with van der Waals surface area (Å²) in [7, 11) is 0. The zero-order valence-electron chi connectivity index (χ0n) is 12.9. The van der Waals surface area contributed by atoms with E-state index in [4.69, 9.17) is 11.6 Å². The molecule has 4 nitrogen and oxygen atoms in total. The van der Waals surface area contributed by atoms with Crippen LogP contribution in [-0.4, -0.2) is 21.6 Å². The average Bonchev–Trinajstić information content (AvgIpc) is 2.84. The van der Waals surface area contributed by atoms with E-state index in [0.29, 0.717) is 5.02 Å². The lowest BCUT2D eigenvalue weighted by molar-refractivity contribution is -0.113. The van der Waals surface area contributed by atoms with Crippen LogP contribution < -0.4 is 5.32 Å². The maximum absolute atomic E-state index is 13.7. The molecule has 0 fully saturated rings. The standard InChI is InChI=1S/C16H13ClFN3OS2/c1-8-9(2)24-16-14(8)15(19-7-20-16)23-6-13(22)21-12-5-10(17)3-4-11(12)18/h3-5,7H,6H2,1-2H3,(H,21,22). The number of rotatable bonds is 4. The third-order valence-electron chi connectivity index (χ3n) is 3.47. The highest BCUT2D eigenvalue weighted by atomic mass is 35.5. The summed E-state index contributed by atoms with van der Waals surface area (Å²) < 4.78 is 13.7. The first-order chi connectivity index (χ1) is 11.5. The molecule has 24 heavy (non-hydrogen) atoms. The van der Waals surface area contributed by atoms with Crippen molar-refractivity contribution in [2.75, 3.05) is 11.1 Å². The molecule has 3 aromatic rings. The van der Waals surface area contributed by atoms with Crippen LogP contribution in [0.4, 0.5) is 10.1 Å². The summed E-state index contributed by atoms with van der Waals surface area (Å²) in [5.74, 6) is -0.726. The van der Waals surface area contributed by atoms with Gasteiger partial charge in [0.25, 0.3) is 0 Å². The molecule has 0 atom stereocenters. The predicted molar refractivity (Wildman–Crippen MR) is 97.7 cm³/mol. The van der Waals surface area contributed by atoms with Gasteiger partial charge >= 0.3 is 0 Å². The average molecular weight is 382 g/mol. The number of halogens is 2. The number of thioether (sulfide) groups is 1. The van der Waals surface area contributed by atoms with Crippen LogP contribution >= 0.6 is 34.7 Å². The van der Waals surface area contributed by atoms with E-state index in [0.717, 1.165) is 20.8 Å². The molecule has 3 rings (SSSR count). The van der Waals surface area contributed by atoms with Crippen molar-refractivity contribution in [1.29, 1.82) is 0 Å². The molecular weight excluding hydrogens is 369 g/mol. The summed E-state index contributed by atoms with van der Waals surface area (Å²) in [6.45, 7) is 4.05. The maximum Gasteiger partial charge on any atom is 0.234 e. The minimum absolute atomic E-state index is 0.0727. The van der Waals surface area contributed by atoms with Gasteiger partial charge in [-0.1, -0.05) is 23.4 Å². The normalized spacial score (nSPS) is 11.0. The van der Waals surface area contributed by atoms with E-state index in [1.165, 1.54) is 41.2 Å². The summed E-state index contributed by atoms with van der Waals surface area (Å²) >= 11 is 8.73. The van der Waals surface area contributed by atoms with Crippen LogP contribution in [0.2, 0.25) is 5.02 Å². The fourth-order valence-corrected chi connectivity index (χ4v) is 4.26. The van der Waals surface area contributed by atoms with Crippen molar-refractivity contribution in [2.24, 2.45) is 0 Å². The summed E-state index contributed by atoms with van der Waals surface area (Å²) in [6.07, 6.45) is 1.49. The summed E-state index contributed by atoms with van der Waals surface area (Å²) in [6, 6.07) is 4.03. The van der Waals surface area contributed by atoms with Gasteiger partial charge in [-0.25, -0.2) is 14.4 Å². The molecule has 8 heteroatoms. The van der Waals surface area contributed by atoms with Crippen LogP contribution in [0.5, 0.6) is 0 Å². The summed E-state index contributed by atoms with van der Waals surface area (Å²) in [4.78, 5) is 22.7. The molecule has 0 aliphatic rings. The number of benzene rings is 1. The molecule has 124 valence electrons. The first kappa shape index (κ1) is 17.1. The summed E-state index contributed by atoms with van der Waals surface area (Å²) in [5, 5.41) is 4.62. The van der Waals surface area contributed by atoms with Crippen LogP contribution in [-0.2, 0) is 4.79 Å². The second kappa shape index (κ2) is 7.04. The van der Waals surface area contributed by atoms with Gasteiger partial charge in [0.05, 0.1) is 11.4 Å². The van der Waals surface area contributed by atoms with Crippen molar-refractivity contribution in [1.82, 2.24) is 9.97 Å². The lowest BCUT2D eigenvalue weighted by atomic mass is 10.2. The molecule has 0 radical (unpaired) electrons. The lowest BCUT2D eigenvalue weighted by Gasteiger charge is -2.07. The van der Waals surface area contributed by atoms with Gasteiger partial charge in [0.1, 0.15) is 22.0 Å². The highest BCUT2D eigenvalue weighted by Crippen LogP contribution is 2.34. The molecule has 1 aromatic carbocycles. The molecule has 2 heterocycles. The molecule has 0 saturated heterocycles. The second-order valence-electron chi connectivity index (χ2n) is 5.10. The van der Waals surface area contributed by atoms with Crippen molar-refractivity contribution in [3.8, 4) is 0 Å². The number of hydrogen-bond acceptors (Lipinski definition) is 5. The van der Waals surface area contributed by atoms with Gasteiger partial charge in [-0.2, -0.15) is 0 Å². The Bertz CT molecular complexity index is 929. The van der Waals surface area contributed by atoms with E-state index in [2.05, 4.69) is 15.3 Å². The minimum atomic E-state index is -0.522. The number of amides is 1. The van der Waals surface area contributed by atoms with Gasteiger partial charge < -0.3 is 5.32 Å². The third kappa shape index (κ3) is 3.53. The Kier molecular flexibility index (Phi) is 5.03. The lowest BCUT2D eigenvalue weighted by Crippen LogP contribution is -2.15. The Morgan fingerprint density at radius 1 is 1.38 bits per heavy atom. The van der Waals surface area contributed by atoms with E-state index >= 15 is 0 Å². The monoisotopic (exact) mass is 381 g/mol. The van der Waals surface area contributed by atoms with Crippen molar-refractivity contribution < 1.29 is 9.18 Å². The van der Waals surface area contributed by atoms with Gasteiger partial charge in [-0.3, -0.25) is 4.79 Å². The molecule has 1 N–H and O–H groups in total. The summed E-state index contributed by atoms with van der Waals surface area (Å²) in [5.41, 5.74) is 1.20. The van der Waals surface area contributed by atoms with Crippen LogP contribution in [0, 0.1) is 19.7 Å². The SMILES string of the molecule is Cc1sc2ncnc(SCC(=O)Nc3cc(Cl)ccc3F)c2c1C. The zero-order chi connectivity index (χ0) is 17.3. The van der Waals surface area contributed by atoms with Crippen LogP contribution in [0.3, 0.4) is 0 Å². The van der Waals surface area contributed by atoms with Crippen molar-refractivity contribution >= 4 is 56.5 Å². The molecule has 0 saturated carbocycles. The fraction of sp³-hybridized carbons (Fsp3) is 0.188. The van der Waals surface area contributed by atoms with Gasteiger partial charge in [0, 0.05) is 15.3 Å². The molecule has 0 aliphatic heterocycles. The number of anilines is 1. The molecule has 0 aliphatic carbocycles. The van der Waals surface area contributed by atoms with E-state index in [1.807, 2.05) is 13.8 Å². The Morgan fingerprint density at radius 2 is 2.17 bits per heavy atom. The van der Waals surface area contributed by atoms with Gasteiger partial charge in [0.2, 0.25) is 5.91 Å². The fourth-order valence-electron chi connectivity index (χ4n) is 2.17. The van der Waals surface area contributed by atoms with Crippen LogP contribution in [0.25, 0.3) is 10.2 Å². The smallest absolute Gasteiger partial charge is 0.234 e. The Balaban J connectivity index is 1.74. The van der Waals surface area contributed by atoms with E-state index in [9.17, 15) is 9.18 Å². The topological polar surface area (TPSA) is 54.9 Å². The number of thiophene rings is 1. The Morgan fingerprint density at radius 3 is 2.96 bits per heavy atom. The molecular formula is C16H13ClFN3OS2. The highest BCUT2D eigenvalue weighted by molar-refractivity contribution is 8.00. The maximum atomic E-state index is 13.7. The number of aromatic nitrogens is 2. The quantitative estimate of drug-likeness (QED) is 0.519. The van der Waals surface area contributed by atoms with Crippen LogP contribution in [0.15, 0.2) is 29.6 Å². The number of fused-ring (bicyclic) bond motifs is 1. The van der Waals surface area contributed by atoms with Gasteiger partial charge in [0.15, 0.2) is 0 Å². The van der Waals surface area contributed by atoms with Crippen molar-refractivity contribution in [3.63, 3.8) is 0 Å². The highest BCUT2D eigenvalue weighted by Gasteiger charge is 2.14. The molecule has 2 aromatic heterocycles. The number of carbonyl (C=O) groups is 1. The first-order valence-electron chi connectivity index (χ1n) is 7.04. The van der Waals surface area contributed by atoms with E-state index in [1.54, 1.807) is 11.3 Å². The van der Waals surface area contributed by atoms with Gasteiger partial charge in [-0.15, -0.1) is 11.3 Å². The van der Waals surface area contributed by atoms with Crippen molar-refractivity contribution in [2.45, 2.75) is 18.9 Å². The zero-order valence-corrected chi connectivity index (χ0v) is 15.3. The Labute approximate surface area is 151 Å². The minimum Gasteiger partial charge on any atom is -0.323 e. The first-order valence-corrected chi connectivity index (χ1v) is 9.22.